The van der Waals surface area contributed by atoms with E-state index in [4.69, 9.17) is 0 Å². The van der Waals surface area contributed by atoms with Crippen molar-refractivity contribution in [3.63, 3.8) is 0 Å². The van der Waals surface area contributed by atoms with Crippen LogP contribution < -0.4 is 4.90 Å². The number of carbonyl (C=O) groups is 1. The Bertz CT molecular complexity index is 1330. The minimum atomic E-state index is -4.04. The monoisotopic (exact) mass is 421 g/mol. The molecule has 1 aliphatic heterocycles. The van der Waals surface area contributed by atoms with Crippen LogP contribution in [0.3, 0.4) is 0 Å². The van der Waals surface area contributed by atoms with Crippen molar-refractivity contribution in [2.45, 2.75) is 25.7 Å². The van der Waals surface area contributed by atoms with Gasteiger partial charge in [0.05, 0.1) is 10.6 Å². The smallest absolute Gasteiger partial charge is 0.214 e. The molecule has 3 aromatic rings. The molecule has 0 N–H and O–H groups in total. The molecule has 0 bridgehead atoms. The first-order valence-electron chi connectivity index (χ1n) is 9.43. The number of carbonyl (C=O) groups excluding carboxylic acids is 1. The van der Waals surface area contributed by atoms with Crippen molar-refractivity contribution >= 4 is 27.0 Å². The van der Waals surface area contributed by atoms with Crippen molar-refractivity contribution in [2.24, 2.45) is 0 Å². The maximum absolute atomic E-state index is 14.2. The molecule has 4 rings (SSSR count). The van der Waals surface area contributed by atoms with Gasteiger partial charge >= 0.3 is 0 Å². The van der Waals surface area contributed by atoms with Gasteiger partial charge in [0.1, 0.15) is 10.7 Å². The number of aryl methyl sites for hydroxylation is 3. The SMILES string of the molecule is Cc1ccc(C(=O)C2=CN(c3ccc(C)c(F)c3)c3ccccc3S2(=O)=O)c(C)c1. The normalized spacial score (nSPS) is 14.8. The number of rotatable bonds is 3. The van der Waals surface area contributed by atoms with Gasteiger partial charge in [0.25, 0.3) is 0 Å². The second-order valence-electron chi connectivity index (χ2n) is 7.42. The van der Waals surface area contributed by atoms with Crippen LogP contribution in [0, 0.1) is 26.6 Å². The lowest BCUT2D eigenvalue weighted by Crippen LogP contribution is -2.26. The summed E-state index contributed by atoms with van der Waals surface area (Å²) in [6.45, 7) is 5.33. The third-order valence-corrected chi connectivity index (χ3v) is 7.03. The van der Waals surface area contributed by atoms with E-state index in [2.05, 4.69) is 0 Å². The molecule has 0 saturated carbocycles. The molecule has 0 atom stereocenters. The summed E-state index contributed by atoms with van der Waals surface area (Å²) in [6.07, 6.45) is 1.30. The highest BCUT2D eigenvalue weighted by Gasteiger charge is 2.36. The third kappa shape index (κ3) is 3.23. The first-order valence-corrected chi connectivity index (χ1v) is 10.9. The van der Waals surface area contributed by atoms with Gasteiger partial charge in [-0.15, -0.1) is 0 Å². The van der Waals surface area contributed by atoms with Crippen molar-refractivity contribution in [1.82, 2.24) is 0 Å². The number of ketones is 1. The minimum absolute atomic E-state index is 0.0154. The van der Waals surface area contributed by atoms with Crippen LogP contribution in [0.2, 0.25) is 0 Å². The van der Waals surface area contributed by atoms with Gasteiger partial charge in [0.15, 0.2) is 0 Å². The Morgan fingerprint density at radius 1 is 0.900 bits per heavy atom. The number of allylic oxidation sites excluding steroid dienone is 1. The Hall–Kier alpha value is -3.25. The van der Waals surface area contributed by atoms with Crippen molar-refractivity contribution in [2.75, 3.05) is 4.90 Å². The lowest BCUT2D eigenvalue weighted by atomic mass is 10.0. The zero-order valence-electron chi connectivity index (χ0n) is 16.8. The fraction of sp³-hybridized carbons (Fsp3) is 0.125. The number of fused-ring (bicyclic) bond motifs is 1. The minimum Gasteiger partial charge on any atom is -0.314 e. The van der Waals surface area contributed by atoms with Gasteiger partial charge in [0, 0.05) is 17.5 Å². The van der Waals surface area contributed by atoms with Crippen LogP contribution >= 0.6 is 0 Å². The van der Waals surface area contributed by atoms with E-state index in [1.807, 2.05) is 13.0 Å². The van der Waals surface area contributed by atoms with Crippen LogP contribution in [0.4, 0.5) is 15.8 Å². The number of benzene rings is 3. The Labute approximate surface area is 175 Å². The van der Waals surface area contributed by atoms with Gasteiger partial charge in [0.2, 0.25) is 15.6 Å². The lowest BCUT2D eigenvalue weighted by molar-refractivity contribution is 0.104. The lowest BCUT2D eigenvalue weighted by Gasteiger charge is -2.29. The highest BCUT2D eigenvalue weighted by molar-refractivity contribution is 7.96. The Morgan fingerprint density at radius 2 is 1.63 bits per heavy atom. The van der Waals surface area contributed by atoms with E-state index in [1.54, 1.807) is 61.2 Å². The molecule has 0 aliphatic carbocycles. The number of hydrogen-bond donors (Lipinski definition) is 0. The molecule has 4 nitrogen and oxygen atoms in total. The van der Waals surface area contributed by atoms with Gasteiger partial charge in [-0.3, -0.25) is 4.79 Å². The molecule has 0 aromatic heterocycles. The topological polar surface area (TPSA) is 54.5 Å². The third-order valence-electron chi connectivity index (χ3n) is 5.23. The summed E-state index contributed by atoms with van der Waals surface area (Å²) in [5.41, 5.74) is 3.29. The molecule has 3 aromatic carbocycles. The van der Waals surface area contributed by atoms with Crippen molar-refractivity contribution < 1.29 is 17.6 Å². The quantitative estimate of drug-likeness (QED) is 0.531. The fourth-order valence-electron chi connectivity index (χ4n) is 3.59. The highest BCUT2D eigenvalue weighted by Crippen LogP contribution is 2.40. The molecular formula is C24H20FNO3S. The summed E-state index contributed by atoms with van der Waals surface area (Å²) in [4.78, 5) is 14.5. The molecular weight excluding hydrogens is 401 g/mol. The number of halogens is 1. The summed E-state index contributed by atoms with van der Waals surface area (Å²) in [6, 6.07) is 16.3. The maximum atomic E-state index is 14.2. The van der Waals surface area contributed by atoms with Crippen LogP contribution in [-0.4, -0.2) is 14.2 Å². The molecule has 1 heterocycles. The van der Waals surface area contributed by atoms with Crippen molar-refractivity contribution in [3.8, 4) is 0 Å². The summed E-state index contributed by atoms with van der Waals surface area (Å²) in [5, 5.41) is 0. The molecule has 30 heavy (non-hydrogen) atoms. The van der Waals surface area contributed by atoms with Crippen molar-refractivity contribution in [1.29, 1.82) is 0 Å². The van der Waals surface area contributed by atoms with Crippen LogP contribution in [0.1, 0.15) is 27.0 Å². The van der Waals surface area contributed by atoms with Gasteiger partial charge in [-0.25, -0.2) is 12.8 Å². The van der Waals surface area contributed by atoms with Gasteiger partial charge in [-0.1, -0.05) is 42.0 Å². The molecule has 0 radical (unpaired) electrons. The molecule has 0 unspecified atom stereocenters. The Morgan fingerprint density at radius 3 is 2.33 bits per heavy atom. The molecule has 0 saturated heterocycles. The first kappa shape index (κ1) is 20.0. The summed E-state index contributed by atoms with van der Waals surface area (Å²) in [7, 11) is -4.04. The Balaban J connectivity index is 1.94. The van der Waals surface area contributed by atoms with E-state index in [9.17, 15) is 17.6 Å². The van der Waals surface area contributed by atoms with Crippen LogP contribution in [0.15, 0.2) is 76.7 Å². The van der Waals surface area contributed by atoms with E-state index in [0.29, 0.717) is 28.1 Å². The second-order valence-corrected chi connectivity index (χ2v) is 9.30. The standard InChI is InChI=1S/C24H20FNO3S/c1-15-8-11-19(17(3)12-15)24(27)23-14-26(18-10-9-16(2)20(25)13-18)21-6-4-5-7-22(21)30(23,28)29/h4-14H,1-3H3. The number of Topliss-reactive ketones (excluding diaryl/α,β-unsaturated/α-hetero) is 1. The first-order chi connectivity index (χ1) is 14.2. The summed E-state index contributed by atoms with van der Waals surface area (Å²) < 4.78 is 40.9. The number of nitrogens with zero attached hydrogens (tertiary/aromatic N) is 1. The van der Waals surface area contributed by atoms with E-state index in [1.165, 1.54) is 18.3 Å². The number of sulfone groups is 1. The molecule has 0 spiro atoms. The van der Waals surface area contributed by atoms with E-state index in [-0.39, 0.29) is 9.80 Å². The molecule has 0 amide bonds. The van der Waals surface area contributed by atoms with E-state index >= 15 is 0 Å². The van der Waals surface area contributed by atoms with E-state index < -0.39 is 21.4 Å². The number of para-hydroxylation sites is 1. The largest absolute Gasteiger partial charge is 0.314 e. The molecule has 0 fully saturated rings. The molecule has 6 heteroatoms. The van der Waals surface area contributed by atoms with Gasteiger partial charge in [-0.2, -0.15) is 0 Å². The average molecular weight is 421 g/mol. The zero-order valence-corrected chi connectivity index (χ0v) is 17.6. The highest BCUT2D eigenvalue weighted by atomic mass is 32.2. The molecule has 1 aliphatic rings. The maximum Gasteiger partial charge on any atom is 0.214 e. The van der Waals surface area contributed by atoms with Crippen LogP contribution in [0.5, 0.6) is 0 Å². The Kier molecular flexibility index (Phi) is 4.82. The van der Waals surface area contributed by atoms with Gasteiger partial charge < -0.3 is 4.90 Å². The van der Waals surface area contributed by atoms with Crippen molar-refractivity contribution in [3.05, 3.63) is 99.8 Å². The van der Waals surface area contributed by atoms with Crippen LogP contribution in [-0.2, 0) is 9.84 Å². The molecule has 152 valence electrons. The summed E-state index contributed by atoms with van der Waals surface area (Å²) in [5.74, 6) is -0.992. The van der Waals surface area contributed by atoms with Gasteiger partial charge in [-0.05, 0) is 56.2 Å². The second kappa shape index (κ2) is 7.22. The number of hydrogen-bond acceptors (Lipinski definition) is 4. The zero-order chi connectivity index (χ0) is 21.6. The van der Waals surface area contributed by atoms with Crippen LogP contribution in [0.25, 0.3) is 0 Å². The predicted molar refractivity (Wildman–Crippen MR) is 115 cm³/mol. The average Bonchev–Trinajstić information content (AvgIpc) is 2.70. The predicted octanol–water partition coefficient (Wildman–Crippen LogP) is 5.40. The number of anilines is 2. The fourth-order valence-corrected chi connectivity index (χ4v) is 5.12. The van der Waals surface area contributed by atoms with E-state index in [0.717, 1.165) is 5.56 Å². The summed E-state index contributed by atoms with van der Waals surface area (Å²) >= 11 is 0.